The number of alkyl halides is 1. The summed E-state index contributed by atoms with van der Waals surface area (Å²) in [5.41, 5.74) is 0. The van der Waals surface area contributed by atoms with Gasteiger partial charge in [-0.05, 0) is 19.8 Å². The van der Waals surface area contributed by atoms with E-state index in [4.69, 9.17) is 0 Å². The van der Waals surface area contributed by atoms with Gasteiger partial charge in [0.1, 0.15) is 12.2 Å². The largest absolute Gasteiger partial charge is 0.466 e. The van der Waals surface area contributed by atoms with Crippen molar-refractivity contribution in [2.45, 2.75) is 32.6 Å². The minimum absolute atomic E-state index is 0.174. The molecule has 0 aromatic rings. The monoisotopic (exact) mass is 190 g/mol. The Balaban J connectivity index is 3.44. The smallest absolute Gasteiger partial charge is 0.313 e. The van der Waals surface area contributed by atoms with Crippen LogP contribution in [-0.4, -0.2) is 25.0 Å². The number of esters is 1. The molecule has 0 amide bonds. The van der Waals surface area contributed by atoms with Crippen molar-refractivity contribution < 1.29 is 18.7 Å². The fourth-order valence-electron chi connectivity index (χ4n) is 0.878. The zero-order valence-electron chi connectivity index (χ0n) is 7.85. The molecule has 0 aliphatic heterocycles. The summed E-state index contributed by atoms with van der Waals surface area (Å²) >= 11 is 0. The fourth-order valence-corrected chi connectivity index (χ4v) is 0.878. The van der Waals surface area contributed by atoms with E-state index in [1.54, 1.807) is 6.92 Å². The third-order valence-electron chi connectivity index (χ3n) is 1.49. The lowest BCUT2D eigenvalue weighted by Gasteiger charge is -2.00. The first kappa shape index (κ1) is 12.1. The Hall–Kier alpha value is -0.930. The standard InChI is InChI=1S/C9H15FO3/c1-2-13-9(12)7-8(11)5-3-4-6-10/h2-7H2,1H3. The molecule has 76 valence electrons. The van der Waals surface area contributed by atoms with Crippen LogP contribution in [0.4, 0.5) is 4.39 Å². The molecule has 0 bridgehead atoms. The number of rotatable bonds is 7. The van der Waals surface area contributed by atoms with Gasteiger partial charge >= 0.3 is 5.97 Å². The van der Waals surface area contributed by atoms with Gasteiger partial charge < -0.3 is 4.74 Å². The van der Waals surface area contributed by atoms with Crippen molar-refractivity contribution in [1.29, 1.82) is 0 Å². The van der Waals surface area contributed by atoms with E-state index in [-0.39, 0.29) is 25.2 Å². The van der Waals surface area contributed by atoms with Crippen molar-refractivity contribution in [3.63, 3.8) is 0 Å². The second-order valence-corrected chi connectivity index (χ2v) is 2.67. The maximum absolute atomic E-state index is 11.6. The topological polar surface area (TPSA) is 43.4 Å². The summed E-state index contributed by atoms with van der Waals surface area (Å²) in [6, 6.07) is 0. The van der Waals surface area contributed by atoms with Crippen molar-refractivity contribution in [3.8, 4) is 0 Å². The van der Waals surface area contributed by atoms with Crippen molar-refractivity contribution in [1.82, 2.24) is 0 Å². The summed E-state index contributed by atoms with van der Waals surface area (Å²) in [7, 11) is 0. The van der Waals surface area contributed by atoms with Crippen LogP contribution in [0.3, 0.4) is 0 Å². The highest BCUT2D eigenvalue weighted by Crippen LogP contribution is 2.00. The number of ether oxygens (including phenoxy) is 1. The molecule has 0 rings (SSSR count). The maximum atomic E-state index is 11.6. The van der Waals surface area contributed by atoms with Gasteiger partial charge in [-0.25, -0.2) is 0 Å². The van der Waals surface area contributed by atoms with Crippen LogP contribution in [0.2, 0.25) is 0 Å². The Kier molecular flexibility index (Phi) is 7.15. The number of unbranched alkanes of at least 4 members (excludes halogenated alkanes) is 1. The molecule has 0 aliphatic rings. The van der Waals surface area contributed by atoms with Crippen molar-refractivity contribution in [2.24, 2.45) is 0 Å². The van der Waals surface area contributed by atoms with Gasteiger partial charge in [0.25, 0.3) is 0 Å². The molecule has 0 aliphatic carbocycles. The molecule has 0 heterocycles. The lowest BCUT2D eigenvalue weighted by molar-refractivity contribution is -0.145. The van der Waals surface area contributed by atoms with Gasteiger partial charge in [-0.1, -0.05) is 0 Å². The molecule has 3 nitrogen and oxygen atoms in total. The molecular formula is C9H15FO3. The quantitative estimate of drug-likeness (QED) is 0.348. The normalized spacial score (nSPS) is 9.69. The molecule has 4 heteroatoms. The zero-order chi connectivity index (χ0) is 10.1. The molecule has 0 spiro atoms. The minimum atomic E-state index is -0.493. The highest BCUT2D eigenvalue weighted by molar-refractivity contribution is 5.95. The first-order valence-corrected chi connectivity index (χ1v) is 4.44. The second-order valence-electron chi connectivity index (χ2n) is 2.67. The van der Waals surface area contributed by atoms with Gasteiger partial charge in [-0.3, -0.25) is 14.0 Å². The van der Waals surface area contributed by atoms with Crippen LogP contribution >= 0.6 is 0 Å². The molecule has 0 aromatic heterocycles. The molecule has 0 atom stereocenters. The molecule has 0 aromatic carbocycles. The predicted molar refractivity (Wildman–Crippen MR) is 46.1 cm³/mol. The predicted octanol–water partition coefficient (Wildman–Crippen LogP) is 1.65. The lowest BCUT2D eigenvalue weighted by atomic mass is 10.1. The van der Waals surface area contributed by atoms with E-state index in [0.717, 1.165) is 0 Å². The van der Waals surface area contributed by atoms with E-state index >= 15 is 0 Å². The maximum Gasteiger partial charge on any atom is 0.313 e. The first-order valence-electron chi connectivity index (χ1n) is 4.44. The minimum Gasteiger partial charge on any atom is -0.466 e. The average Bonchev–Trinajstić information content (AvgIpc) is 2.05. The van der Waals surface area contributed by atoms with Crippen molar-refractivity contribution >= 4 is 11.8 Å². The number of hydrogen-bond acceptors (Lipinski definition) is 3. The zero-order valence-corrected chi connectivity index (χ0v) is 7.85. The van der Waals surface area contributed by atoms with Crippen LogP contribution in [0.15, 0.2) is 0 Å². The number of ketones is 1. The Morgan fingerprint density at radius 1 is 1.31 bits per heavy atom. The van der Waals surface area contributed by atoms with E-state index in [1.807, 2.05) is 0 Å². The summed E-state index contributed by atoms with van der Waals surface area (Å²) in [5, 5.41) is 0. The fraction of sp³-hybridized carbons (Fsp3) is 0.778. The van der Waals surface area contributed by atoms with Crippen molar-refractivity contribution in [2.75, 3.05) is 13.3 Å². The molecule has 0 N–H and O–H groups in total. The van der Waals surface area contributed by atoms with Crippen LogP contribution in [0.5, 0.6) is 0 Å². The average molecular weight is 190 g/mol. The lowest BCUT2D eigenvalue weighted by Crippen LogP contribution is -2.10. The third-order valence-corrected chi connectivity index (χ3v) is 1.49. The van der Waals surface area contributed by atoms with Crippen LogP contribution in [0.1, 0.15) is 32.6 Å². The Bertz CT molecular complexity index is 168. The number of halogens is 1. The SMILES string of the molecule is CCOC(=O)CC(=O)CCCCF. The number of hydrogen-bond donors (Lipinski definition) is 0. The highest BCUT2D eigenvalue weighted by atomic mass is 19.1. The molecule has 13 heavy (non-hydrogen) atoms. The summed E-state index contributed by atoms with van der Waals surface area (Å²) in [5.74, 6) is -0.667. The van der Waals surface area contributed by atoms with Crippen molar-refractivity contribution in [3.05, 3.63) is 0 Å². The van der Waals surface area contributed by atoms with Crippen LogP contribution < -0.4 is 0 Å². The number of carbonyl (C=O) groups excluding carboxylic acids is 2. The summed E-state index contributed by atoms with van der Waals surface area (Å²) < 4.78 is 16.2. The Morgan fingerprint density at radius 2 is 2.00 bits per heavy atom. The van der Waals surface area contributed by atoms with Gasteiger partial charge in [0.2, 0.25) is 0 Å². The van der Waals surface area contributed by atoms with Crippen LogP contribution in [-0.2, 0) is 14.3 Å². The molecular weight excluding hydrogens is 175 g/mol. The Morgan fingerprint density at radius 3 is 2.54 bits per heavy atom. The third kappa shape index (κ3) is 7.43. The van der Waals surface area contributed by atoms with E-state index in [2.05, 4.69) is 4.74 Å². The summed E-state index contributed by atoms with van der Waals surface area (Å²) in [4.78, 5) is 21.7. The highest BCUT2D eigenvalue weighted by Gasteiger charge is 2.09. The molecule has 0 unspecified atom stereocenters. The van der Waals surface area contributed by atoms with Gasteiger partial charge in [-0.2, -0.15) is 0 Å². The van der Waals surface area contributed by atoms with E-state index in [0.29, 0.717) is 12.8 Å². The number of Topliss-reactive ketones (excluding diaryl/α,β-unsaturated/α-hetero) is 1. The summed E-state index contributed by atoms with van der Waals surface area (Å²) in [6.07, 6.45) is 0.978. The molecule has 0 saturated carbocycles. The van der Waals surface area contributed by atoms with Crippen LogP contribution in [0.25, 0.3) is 0 Å². The molecule has 0 saturated heterocycles. The Labute approximate surface area is 77.3 Å². The van der Waals surface area contributed by atoms with Crippen LogP contribution in [0, 0.1) is 0 Å². The van der Waals surface area contributed by atoms with E-state index < -0.39 is 12.6 Å². The van der Waals surface area contributed by atoms with Gasteiger partial charge in [-0.15, -0.1) is 0 Å². The number of carbonyl (C=O) groups is 2. The van der Waals surface area contributed by atoms with Gasteiger partial charge in [0.05, 0.1) is 13.3 Å². The summed E-state index contributed by atoms with van der Waals surface area (Å²) in [6.45, 7) is 1.56. The van der Waals surface area contributed by atoms with E-state index in [9.17, 15) is 14.0 Å². The second kappa shape index (κ2) is 7.71. The van der Waals surface area contributed by atoms with Gasteiger partial charge in [0.15, 0.2) is 0 Å². The van der Waals surface area contributed by atoms with Gasteiger partial charge in [0, 0.05) is 6.42 Å². The molecule has 0 fully saturated rings. The molecule has 0 radical (unpaired) electrons. The van der Waals surface area contributed by atoms with E-state index in [1.165, 1.54) is 0 Å². The first-order chi connectivity index (χ1) is 6.20.